The van der Waals surface area contributed by atoms with Crippen molar-refractivity contribution >= 4 is 24.0 Å². The molecule has 0 aromatic rings. The average Bonchev–Trinajstić information content (AvgIpc) is 2.31. The van der Waals surface area contributed by atoms with Crippen LogP contribution in [0.2, 0.25) is 0 Å². The second-order valence-corrected chi connectivity index (χ2v) is 3.11. The molecule has 1 aliphatic rings. The smallest absolute Gasteiger partial charge is 0.114 e. The lowest BCUT2D eigenvalue weighted by atomic mass is 10.3. The summed E-state index contributed by atoms with van der Waals surface area (Å²) >= 11 is 5.50. The van der Waals surface area contributed by atoms with Gasteiger partial charge in [-0.3, -0.25) is 0 Å². The van der Waals surface area contributed by atoms with E-state index in [1.54, 1.807) is 0 Å². The van der Waals surface area contributed by atoms with Gasteiger partial charge in [0.1, 0.15) is 6.17 Å². The molecule has 1 heterocycles. The van der Waals surface area contributed by atoms with Crippen LogP contribution in [0.15, 0.2) is 0 Å². The Morgan fingerprint density at radius 2 is 2.27 bits per heavy atom. The summed E-state index contributed by atoms with van der Waals surface area (Å²) in [4.78, 5) is 2.13. The Kier molecular flexibility index (Phi) is 6.30. The third kappa shape index (κ3) is 4.14. The summed E-state index contributed by atoms with van der Waals surface area (Å²) in [5.74, 6) is 0.688. The first-order valence-electron chi connectivity index (χ1n) is 3.75. The van der Waals surface area contributed by atoms with Crippen molar-refractivity contribution in [2.45, 2.75) is 19.0 Å². The Labute approximate surface area is 78.3 Å². The number of halogens is 3. The summed E-state index contributed by atoms with van der Waals surface area (Å²) in [6.07, 6.45) is 1.10. The van der Waals surface area contributed by atoms with E-state index in [9.17, 15) is 4.39 Å². The van der Waals surface area contributed by atoms with Gasteiger partial charge in [0.2, 0.25) is 0 Å². The number of hydrogen-bond acceptors (Lipinski definition) is 1. The van der Waals surface area contributed by atoms with Crippen LogP contribution in [0.1, 0.15) is 12.8 Å². The molecule has 0 aliphatic carbocycles. The van der Waals surface area contributed by atoms with E-state index in [0.717, 1.165) is 19.5 Å². The number of alkyl halides is 2. The van der Waals surface area contributed by atoms with E-state index in [-0.39, 0.29) is 12.4 Å². The summed E-state index contributed by atoms with van der Waals surface area (Å²) < 4.78 is 12.5. The van der Waals surface area contributed by atoms with Gasteiger partial charge in [-0.05, 0) is 19.4 Å². The first-order chi connectivity index (χ1) is 4.83. The molecule has 0 aromatic heterocycles. The maximum atomic E-state index is 12.5. The Morgan fingerprint density at radius 3 is 2.73 bits per heavy atom. The summed E-state index contributed by atoms with van der Waals surface area (Å²) in [7, 11) is 0. The highest BCUT2D eigenvalue weighted by atomic mass is 35.5. The lowest BCUT2D eigenvalue weighted by Crippen LogP contribution is -2.22. The van der Waals surface area contributed by atoms with Crippen molar-refractivity contribution in [3.8, 4) is 0 Å². The molecule has 1 saturated heterocycles. The SMILES string of the molecule is Cl.F[C@H]1CCN(CCCCl)C1. The van der Waals surface area contributed by atoms with Gasteiger partial charge in [0.25, 0.3) is 0 Å². The van der Waals surface area contributed by atoms with E-state index in [2.05, 4.69) is 4.90 Å². The molecule has 1 fully saturated rings. The fourth-order valence-electron chi connectivity index (χ4n) is 1.27. The molecular weight excluding hydrogens is 188 g/mol. The molecule has 1 atom stereocenters. The van der Waals surface area contributed by atoms with Crippen molar-refractivity contribution in [1.29, 1.82) is 0 Å². The predicted molar refractivity (Wildman–Crippen MR) is 48.5 cm³/mol. The maximum Gasteiger partial charge on any atom is 0.114 e. The molecule has 0 saturated carbocycles. The number of rotatable bonds is 3. The van der Waals surface area contributed by atoms with Crippen LogP contribution in [0.25, 0.3) is 0 Å². The molecule has 0 spiro atoms. The predicted octanol–water partition coefficient (Wildman–Crippen LogP) is 2.08. The molecule has 11 heavy (non-hydrogen) atoms. The topological polar surface area (TPSA) is 3.24 Å². The Bertz CT molecular complexity index is 102. The van der Waals surface area contributed by atoms with Gasteiger partial charge in [-0.25, -0.2) is 4.39 Å². The van der Waals surface area contributed by atoms with Gasteiger partial charge in [-0.1, -0.05) is 0 Å². The van der Waals surface area contributed by atoms with Crippen LogP contribution in [-0.2, 0) is 0 Å². The summed E-state index contributed by atoms with van der Waals surface area (Å²) in [5, 5.41) is 0. The van der Waals surface area contributed by atoms with E-state index in [4.69, 9.17) is 11.6 Å². The van der Waals surface area contributed by atoms with Crippen LogP contribution in [0.5, 0.6) is 0 Å². The van der Waals surface area contributed by atoms with E-state index in [1.807, 2.05) is 0 Å². The lowest BCUT2D eigenvalue weighted by molar-refractivity contribution is 0.289. The standard InChI is InChI=1S/C7H13ClFN.ClH/c8-3-1-4-10-5-2-7(9)6-10;/h7H,1-6H2;1H/t7-;/m0./s1. The quantitative estimate of drug-likeness (QED) is 0.633. The lowest BCUT2D eigenvalue weighted by Gasteiger charge is -2.12. The van der Waals surface area contributed by atoms with Crippen molar-refractivity contribution in [2.24, 2.45) is 0 Å². The van der Waals surface area contributed by atoms with Crippen LogP contribution in [0, 0.1) is 0 Å². The van der Waals surface area contributed by atoms with Gasteiger partial charge in [0, 0.05) is 19.0 Å². The molecule has 1 nitrogen and oxygen atoms in total. The largest absolute Gasteiger partial charge is 0.300 e. The third-order valence-electron chi connectivity index (χ3n) is 1.82. The van der Waals surface area contributed by atoms with Gasteiger partial charge in [0.15, 0.2) is 0 Å². The van der Waals surface area contributed by atoms with E-state index in [1.165, 1.54) is 0 Å². The van der Waals surface area contributed by atoms with Gasteiger partial charge in [0.05, 0.1) is 0 Å². The first kappa shape index (κ1) is 11.5. The summed E-state index contributed by atoms with van der Waals surface area (Å²) in [6, 6.07) is 0. The number of nitrogens with zero attached hydrogens (tertiary/aromatic N) is 1. The monoisotopic (exact) mass is 201 g/mol. The van der Waals surface area contributed by atoms with E-state index in [0.29, 0.717) is 18.8 Å². The average molecular weight is 202 g/mol. The second kappa shape index (κ2) is 6.04. The minimum atomic E-state index is -0.588. The molecule has 0 bridgehead atoms. The normalized spacial score (nSPS) is 25.1. The van der Waals surface area contributed by atoms with Crippen LogP contribution >= 0.6 is 24.0 Å². The van der Waals surface area contributed by atoms with Gasteiger partial charge >= 0.3 is 0 Å². The molecule has 1 aliphatic heterocycles. The Morgan fingerprint density at radius 1 is 1.55 bits per heavy atom. The minimum absolute atomic E-state index is 0. The van der Waals surface area contributed by atoms with E-state index >= 15 is 0 Å². The zero-order valence-corrected chi connectivity index (χ0v) is 8.00. The van der Waals surface area contributed by atoms with Gasteiger partial charge in [-0.2, -0.15) is 0 Å². The van der Waals surface area contributed by atoms with Crippen molar-refractivity contribution in [3.63, 3.8) is 0 Å². The molecule has 0 unspecified atom stereocenters. The zero-order chi connectivity index (χ0) is 7.40. The van der Waals surface area contributed by atoms with Gasteiger partial charge < -0.3 is 4.90 Å². The van der Waals surface area contributed by atoms with Crippen molar-refractivity contribution in [1.82, 2.24) is 4.90 Å². The Balaban J connectivity index is 0.000001000. The number of likely N-dealkylation sites (tertiary alicyclic amines) is 1. The van der Waals surface area contributed by atoms with Crippen LogP contribution in [0.3, 0.4) is 0 Å². The molecular formula is C7H14Cl2FN. The van der Waals surface area contributed by atoms with Crippen molar-refractivity contribution in [2.75, 3.05) is 25.5 Å². The van der Waals surface area contributed by atoms with Crippen LogP contribution < -0.4 is 0 Å². The minimum Gasteiger partial charge on any atom is -0.300 e. The van der Waals surface area contributed by atoms with E-state index < -0.39 is 6.17 Å². The summed E-state index contributed by atoms with van der Waals surface area (Å²) in [6.45, 7) is 2.50. The molecule has 0 radical (unpaired) electrons. The van der Waals surface area contributed by atoms with Crippen LogP contribution in [-0.4, -0.2) is 36.6 Å². The highest BCUT2D eigenvalue weighted by molar-refractivity contribution is 6.17. The summed E-state index contributed by atoms with van der Waals surface area (Å²) in [5.41, 5.74) is 0. The first-order valence-corrected chi connectivity index (χ1v) is 4.29. The molecule has 68 valence electrons. The molecule has 0 aromatic carbocycles. The highest BCUT2D eigenvalue weighted by Gasteiger charge is 2.20. The van der Waals surface area contributed by atoms with Crippen molar-refractivity contribution < 1.29 is 4.39 Å². The third-order valence-corrected chi connectivity index (χ3v) is 2.09. The fraction of sp³-hybridized carbons (Fsp3) is 1.00. The van der Waals surface area contributed by atoms with Gasteiger partial charge in [-0.15, -0.1) is 24.0 Å². The number of hydrogen-bond donors (Lipinski definition) is 0. The second-order valence-electron chi connectivity index (χ2n) is 2.73. The highest BCUT2D eigenvalue weighted by Crippen LogP contribution is 2.11. The molecule has 0 N–H and O–H groups in total. The van der Waals surface area contributed by atoms with Crippen molar-refractivity contribution in [3.05, 3.63) is 0 Å². The maximum absolute atomic E-state index is 12.5. The molecule has 4 heteroatoms. The Hall–Kier alpha value is 0.470. The van der Waals surface area contributed by atoms with Crippen LogP contribution in [0.4, 0.5) is 4.39 Å². The molecule has 0 amide bonds. The zero-order valence-electron chi connectivity index (χ0n) is 6.43. The molecule has 1 rings (SSSR count). The fourth-order valence-corrected chi connectivity index (χ4v) is 1.39.